The lowest BCUT2D eigenvalue weighted by molar-refractivity contribution is -0.146. The minimum absolute atomic E-state index is 0.0180. The van der Waals surface area contributed by atoms with Crippen LogP contribution in [0.4, 0.5) is 0 Å². The maximum atomic E-state index is 12.1. The van der Waals surface area contributed by atoms with Crippen LogP contribution in [-0.2, 0) is 9.59 Å². The first-order valence-corrected chi connectivity index (χ1v) is 9.19. The number of hydrogen-bond acceptors (Lipinski definition) is 3. The molecule has 0 amide bonds. The van der Waals surface area contributed by atoms with E-state index in [0.717, 1.165) is 29.6 Å². The van der Waals surface area contributed by atoms with Gasteiger partial charge in [0.2, 0.25) is 0 Å². The molecule has 1 unspecified atom stereocenters. The molecule has 138 valence electrons. The zero-order valence-corrected chi connectivity index (χ0v) is 15.4. The number of carbonyl (C=O) groups is 2. The molecule has 1 aliphatic rings. The predicted octanol–water partition coefficient (Wildman–Crippen LogP) is 4.50. The Balaban J connectivity index is 2.65. The van der Waals surface area contributed by atoms with Crippen LogP contribution >= 0.6 is 0 Å². The largest absolute Gasteiger partial charge is 0.479 e. The van der Waals surface area contributed by atoms with Gasteiger partial charge in [-0.25, -0.2) is 4.79 Å². The lowest BCUT2D eigenvalue weighted by atomic mass is 10.0. The molecule has 0 heterocycles. The molecule has 0 fully saturated rings. The van der Waals surface area contributed by atoms with Crippen molar-refractivity contribution in [2.45, 2.75) is 77.7 Å². The molecule has 0 spiro atoms. The van der Waals surface area contributed by atoms with Crippen LogP contribution in [0, 0.1) is 0 Å². The van der Waals surface area contributed by atoms with Gasteiger partial charge in [0, 0.05) is 24.8 Å². The van der Waals surface area contributed by atoms with Crippen LogP contribution in [0.2, 0.25) is 0 Å². The molecule has 0 saturated carbocycles. The normalized spacial score (nSPS) is 15.6. The molecule has 0 aromatic rings. The maximum Gasteiger partial charge on any atom is 0.332 e. The number of aliphatic hydroxyl groups excluding tert-OH is 1. The number of carboxylic acids is 1. The van der Waals surface area contributed by atoms with Crippen molar-refractivity contribution in [2.24, 2.45) is 0 Å². The van der Waals surface area contributed by atoms with Crippen molar-refractivity contribution in [1.29, 1.82) is 0 Å². The average Bonchev–Trinajstić information content (AvgIpc) is 2.91. The molecule has 2 N–H and O–H groups in total. The predicted molar refractivity (Wildman–Crippen MR) is 99.3 cm³/mol. The zero-order chi connectivity index (χ0) is 18.7. The van der Waals surface area contributed by atoms with E-state index in [-0.39, 0.29) is 12.2 Å². The van der Waals surface area contributed by atoms with Crippen LogP contribution in [0.1, 0.15) is 71.6 Å². The van der Waals surface area contributed by atoms with Gasteiger partial charge in [0.05, 0.1) is 0 Å². The van der Waals surface area contributed by atoms with Gasteiger partial charge in [-0.15, -0.1) is 5.73 Å². The van der Waals surface area contributed by atoms with Crippen LogP contribution < -0.4 is 0 Å². The van der Waals surface area contributed by atoms with Gasteiger partial charge < -0.3 is 10.2 Å². The molecule has 0 bridgehead atoms. The topological polar surface area (TPSA) is 74.6 Å². The van der Waals surface area contributed by atoms with E-state index in [0.29, 0.717) is 12.8 Å². The summed E-state index contributed by atoms with van der Waals surface area (Å²) in [6, 6.07) is 0. The van der Waals surface area contributed by atoms with E-state index in [2.05, 4.69) is 24.8 Å². The van der Waals surface area contributed by atoms with E-state index in [4.69, 9.17) is 5.11 Å². The Morgan fingerprint density at radius 2 is 2.04 bits per heavy atom. The summed E-state index contributed by atoms with van der Waals surface area (Å²) in [6.45, 7) is 4.07. The summed E-state index contributed by atoms with van der Waals surface area (Å²) in [5.41, 5.74) is 5.82. The second-order valence-corrected chi connectivity index (χ2v) is 6.57. The second kappa shape index (κ2) is 11.6. The van der Waals surface area contributed by atoms with Crippen molar-refractivity contribution in [3.8, 4) is 0 Å². The first-order chi connectivity index (χ1) is 12.0. The third-order valence-electron chi connectivity index (χ3n) is 4.31. The first-order valence-electron chi connectivity index (χ1n) is 9.19. The van der Waals surface area contributed by atoms with Gasteiger partial charge in [0.25, 0.3) is 0 Å². The van der Waals surface area contributed by atoms with Crippen molar-refractivity contribution in [3.63, 3.8) is 0 Å². The van der Waals surface area contributed by atoms with Crippen molar-refractivity contribution in [3.05, 3.63) is 40.7 Å². The fourth-order valence-corrected chi connectivity index (χ4v) is 2.80. The number of allylic oxidation sites excluding steroid dienone is 4. The van der Waals surface area contributed by atoms with E-state index in [9.17, 15) is 14.7 Å². The lowest BCUT2D eigenvalue weighted by Crippen LogP contribution is -2.17. The van der Waals surface area contributed by atoms with Gasteiger partial charge in [0.1, 0.15) is 0 Å². The number of carbonyl (C=O) groups excluding carboxylic acids is 1. The van der Waals surface area contributed by atoms with E-state index in [1.165, 1.54) is 31.8 Å². The molecular formula is C21H30O4. The Morgan fingerprint density at radius 3 is 2.72 bits per heavy atom. The summed E-state index contributed by atoms with van der Waals surface area (Å²) >= 11 is 0. The average molecular weight is 346 g/mol. The van der Waals surface area contributed by atoms with Gasteiger partial charge in [0.15, 0.2) is 11.9 Å². The minimum Gasteiger partial charge on any atom is -0.479 e. The SMILES string of the molecule is CCCCCCC=CC1=C(CC(C)=C=CCC(O)C(=O)O)C(=O)CC1. The second-order valence-electron chi connectivity index (χ2n) is 6.57. The lowest BCUT2D eigenvalue weighted by Gasteiger charge is -2.03. The number of unbranched alkanes of at least 4 members (excludes halogenated alkanes) is 4. The van der Waals surface area contributed by atoms with Gasteiger partial charge in [-0.2, -0.15) is 0 Å². The summed E-state index contributed by atoms with van der Waals surface area (Å²) in [4.78, 5) is 22.7. The molecule has 1 aliphatic carbocycles. The van der Waals surface area contributed by atoms with Crippen molar-refractivity contribution in [1.82, 2.24) is 0 Å². The Hall–Kier alpha value is -1.90. The number of aliphatic hydroxyl groups is 1. The third-order valence-corrected chi connectivity index (χ3v) is 4.31. The van der Waals surface area contributed by atoms with Gasteiger partial charge >= 0.3 is 5.97 Å². The van der Waals surface area contributed by atoms with Gasteiger partial charge in [-0.3, -0.25) is 4.79 Å². The van der Waals surface area contributed by atoms with Gasteiger partial charge in [-0.05, 0) is 43.4 Å². The highest BCUT2D eigenvalue weighted by Gasteiger charge is 2.21. The van der Waals surface area contributed by atoms with Crippen molar-refractivity contribution >= 4 is 11.8 Å². The Kier molecular flexibility index (Phi) is 9.83. The van der Waals surface area contributed by atoms with Crippen molar-refractivity contribution < 1.29 is 19.8 Å². The van der Waals surface area contributed by atoms with E-state index >= 15 is 0 Å². The highest BCUT2D eigenvalue weighted by molar-refractivity contribution is 5.99. The molecule has 0 aromatic carbocycles. The van der Waals surface area contributed by atoms with Crippen molar-refractivity contribution in [2.75, 3.05) is 0 Å². The molecule has 25 heavy (non-hydrogen) atoms. The van der Waals surface area contributed by atoms with Crippen LogP contribution in [0.15, 0.2) is 40.7 Å². The fourth-order valence-electron chi connectivity index (χ4n) is 2.80. The quantitative estimate of drug-likeness (QED) is 0.427. The van der Waals surface area contributed by atoms with Gasteiger partial charge in [-0.1, -0.05) is 38.3 Å². The molecule has 1 atom stereocenters. The number of carboxylic acid groups (broad SMARTS) is 1. The third kappa shape index (κ3) is 8.15. The standard InChI is InChI=1S/C21H30O4/c1-3-4-5-6-7-8-11-17-13-14-19(22)18(17)15-16(2)10-9-12-20(23)21(24)25/h8-9,11,20,23H,3-7,12-15H2,1-2H3,(H,24,25). The molecule has 1 rings (SSSR count). The number of aliphatic carboxylic acids is 1. The smallest absolute Gasteiger partial charge is 0.332 e. The number of Topliss-reactive ketones (excluding diaryl/α,β-unsaturated/α-hetero) is 1. The molecule has 4 nitrogen and oxygen atoms in total. The molecule has 0 aliphatic heterocycles. The van der Waals surface area contributed by atoms with E-state index in [1.807, 2.05) is 6.92 Å². The minimum atomic E-state index is -1.40. The Labute approximate surface area is 150 Å². The number of ketones is 1. The van der Waals surface area contributed by atoms with Crippen LogP contribution in [0.25, 0.3) is 0 Å². The van der Waals surface area contributed by atoms with Crippen LogP contribution in [0.5, 0.6) is 0 Å². The first kappa shape index (κ1) is 21.1. The highest BCUT2D eigenvalue weighted by atomic mass is 16.4. The molecule has 0 saturated heterocycles. The summed E-state index contributed by atoms with van der Waals surface area (Å²) in [7, 11) is 0. The Bertz CT molecular complexity index is 589. The summed E-state index contributed by atoms with van der Waals surface area (Å²) in [5, 5.41) is 17.9. The Morgan fingerprint density at radius 1 is 1.28 bits per heavy atom. The molecular weight excluding hydrogens is 316 g/mol. The monoisotopic (exact) mass is 346 g/mol. The molecule has 4 heteroatoms. The number of rotatable bonds is 11. The fraction of sp³-hybridized carbons (Fsp3) is 0.571. The van der Waals surface area contributed by atoms with Crippen LogP contribution in [0.3, 0.4) is 0 Å². The summed E-state index contributed by atoms with van der Waals surface area (Å²) < 4.78 is 0. The van der Waals surface area contributed by atoms with E-state index < -0.39 is 12.1 Å². The maximum absolute atomic E-state index is 12.1. The summed E-state index contributed by atoms with van der Waals surface area (Å²) in [6.07, 6.45) is 12.3. The number of hydrogen-bond donors (Lipinski definition) is 2. The molecule has 0 aromatic heterocycles. The van der Waals surface area contributed by atoms with Crippen LogP contribution in [-0.4, -0.2) is 28.1 Å². The zero-order valence-electron chi connectivity index (χ0n) is 15.4. The van der Waals surface area contributed by atoms with E-state index in [1.54, 1.807) is 0 Å². The molecule has 0 radical (unpaired) electrons. The highest BCUT2D eigenvalue weighted by Crippen LogP contribution is 2.28. The summed E-state index contributed by atoms with van der Waals surface area (Å²) in [5.74, 6) is -1.05.